The Morgan fingerprint density at radius 2 is 2.04 bits per heavy atom. The van der Waals surface area contributed by atoms with Crippen LogP contribution in [0.1, 0.15) is 36.7 Å². The van der Waals surface area contributed by atoms with E-state index in [0.717, 1.165) is 44.7 Å². The van der Waals surface area contributed by atoms with Gasteiger partial charge in [0.05, 0.1) is 18.4 Å². The number of nitrogens with one attached hydrogen (secondary N) is 1. The van der Waals surface area contributed by atoms with Crippen LogP contribution in [-0.2, 0) is 4.79 Å². The highest BCUT2D eigenvalue weighted by molar-refractivity contribution is 5.92. The van der Waals surface area contributed by atoms with Gasteiger partial charge in [-0.3, -0.25) is 19.5 Å². The van der Waals surface area contributed by atoms with Crippen molar-refractivity contribution in [1.82, 2.24) is 20.2 Å². The molecule has 0 radical (unpaired) electrons. The van der Waals surface area contributed by atoms with Gasteiger partial charge in [0, 0.05) is 32.2 Å². The Bertz CT molecular complexity index is 616. The van der Waals surface area contributed by atoms with Gasteiger partial charge in [0.25, 0.3) is 5.91 Å². The molecule has 2 amide bonds. The Balaban J connectivity index is 1.59. The van der Waals surface area contributed by atoms with Gasteiger partial charge in [-0.25, -0.2) is 4.98 Å². The zero-order chi connectivity index (χ0) is 17.1. The summed E-state index contributed by atoms with van der Waals surface area (Å²) in [5.41, 5.74) is 5.67. The molecule has 3 N–H and O–H groups in total. The SMILES string of the molecule is CC(C(N)=O)N1CCC(NC(=O)c2cncc(N3CCCC3)n2)C1. The van der Waals surface area contributed by atoms with Crippen LogP contribution in [0.3, 0.4) is 0 Å². The van der Waals surface area contributed by atoms with Crippen LogP contribution in [0.2, 0.25) is 0 Å². The van der Waals surface area contributed by atoms with Gasteiger partial charge in [0.15, 0.2) is 0 Å². The highest BCUT2D eigenvalue weighted by Crippen LogP contribution is 2.17. The first-order valence-corrected chi connectivity index (χ1v) is 8.46. The lowest BCUT2D eigenvalue weighted by Gasteiger charge is -2.21. The number of amides is 2. The topological polar surface area (TPSA) is 104 Å². The number of anilines is 1. The molecule has 130 valence electrons. The first kappa shape index (κ1) is 16.6. The summed E-state index contributed by atoms with van der Waals surface area (Å²) in [5.74, 6) is 0.198. The molecule has 0 aliphatic carbocycles. The number of hydrogen-bond donors (Lipinski definition) is 2. The van der Waals surface area contributed by atoms with Crippen LogP contribution < -0.4 is 16.0 Å². The molecule has 2 atom stereocenters. The minimum atomic E-state index is -0.342. The quantitative estimate of drug-likeness (QED) is 0.771. The monoisotopic (exact) mass is 332 g/mol. The van der Waals surface area contributed by atoms with Gasteiger partial charge < -0.3 is 16.0 Å². The zero-order valence-corrected chi connectivity index (χ0v) is 13.9. The van der Waals surface area contributed by atoms with Crippen LogP contribution in [-0.4, -0.2) is 64.9 Å². The summed E-state index contributed by atoms with van der Waals surface area (Å²) in [6.07, 6.45) is 6.28. The van der Waals surface area contributed by atoms with E-state index in [2.05, 4.69) is 20.2 Å². The molecule has 2 unspecified atom stereocenters. The molecule has 0 saturated carbocycles. The third-order valence-corrected chi connectivity index (χ3v) is 4.80. The molecule has 2 fully saturated rings. The molecule has 0 aromatic carbocycles. The standard InChI is InChI=1S/C16H24N6O2/c1-11(15(17)23)22-7-4-12(10-22)19-16(24)13-8-18-9-14(20-13)21-5-2-3-6-21/h8-9,11-12H,2-7,10H2,1H3,(H2,17,23)(H,19,24). The highest BCUT2D eigenvalue weighted by Gasteiger charge is 2.29. The predicted octanol–water partition coefficient (Wildman–Crippen LogP) is -0.245. The van der Waals surface area contributed by atoms with E-state index in [4.69, 9.17) is 5.73 Å². The van der Waals surface area contributed by atoms with E-state index < -0.39 is 0 Å². The highest BCUT2D eigenvalue weighted by atomic mass is 16.2. The number of nitrogens with two attached hydrogens (primary N) is 1. The van der Waals surface area contributed by atoms with Crippen molar-refractivity contribution in [3.05, 3.63) is 18.1 Å². The van der Waals surface area contributed by atoms with Gasteiger partial charge in [0.1, 0.15) is 11.5 Å². The van der Waals surface area contributed by atoms with Crippen molar-refractivity contribution in [2.45, 2.75) is 38.3 Å². The third kappa shape index (κ3) is 3.64. The van der Waals surface area contributed by atoms with Crippen LogP contribution in [0.25, 0.3) is 0 Å². The van der Waals surface area contributed by atoms with Crippen molar-refractivity contribution >= 4 is 17.6 Å². The average molecular weight is 332 g/mol. The molecule has 0 spiro atoms. The minimum absolute atomic E-state index is 0.00320. The molecule has 8 heteroatoms. The number of hydrogen-bond acceptors (Lipinski definition) is 6. The number of rotatable bonds is 5. The summed E-state index contributed by atoms with van der Waals surface area (Å²) in [7, 11) is 0. The van der Waals surface area contributed by atoms with Crippen molar-refractivity contribution in [1.29, 1.82) is 0 Å². The molecular weight excluding hydrogens is 308 g/mol. The van der Waals surface area contributed by atoms with E-state index in [-0.39, 0.29) is 23.9 Å². The van der Waals surface area contributed by atoms with E-state index in [0.29, 0.717) is 12.2 Å². The maximum Gasteiger partial charge on any atom is 0.271 e. The molecule has 8 nitrogen and oxygen atoms in total. The van der Waals surface area contributed by atoms with E-state index in [1.54, 1.807) is 13.1 Å². The molecular formula is C16H24N6O2. The fraction of sp³-hybridized carbons (Fsp3) is 0.625. The van der Waals surface area contributed by atoms with Gasteiger partial charge in [-0.1, -0.05) is 0 Å². The molecule has 1 aromatic heterocycles. The van der Waals surface area contributed by atoms with Crippen LogP contribution in [0.4, 0.5) is 5.82 Å². The van der Waals surface area contributed by atoms with Gasteiger partial charge in [0.2, 0.25) is 5.91 Å². The Hall–Kier alpha value is -2.22. The zero-order valence-electron chi connectivity index (χ0n) is 13.9. The summed E-state index contributed by atoms with van der Waals surface area (Å²) >= 11 is 0. The molecule has 24 heavy (non-hydrogen) atoms. The van der Waals surface area contributed by atoms with Crippen molar-refractivity contribution in [3.63, 3.8) is 0 Å². The summed E-state index contributed by atoms with van der Waals surface area (Å²) in [4.78, 5) is 36.4. The number of aromatic nitrogens is 2. The van der Waals surface area contributed by atoms with Gasteiger partial charge >= 0.3 is 0 Å². The number of nitrogens with zero attached hydrogens (tertiary/aromatic N) is 4. The Morgan fingerprint density at radius 1 is 1.29 bits per heavy atom. The lowest BCUT2D eigenvalue weighted by molar-refractivity contribution is -0.122. The lowest BCUT2D eigenvalue weighted by atomic mass is 10.2. The minimum Gasteiger partial charge on any atom is -0.368 e. The summed E-state index contributed by atoms with van der Waals surface area (Å²) in [6.45, 7) is 5.08. The van der Waals surface area contributed by atoms with E-state index >= 15 is 0 Å². The largest absolute Gasteiger partial charge is 0.368 e. The molecule has 3 rings (SSSR count). The number of carbonyl (C=O) groups is 2. The molecule has 2 saturated heterocycles. The van der Waals surface area contributed by atoms with Gasteiger partial charge in [-0.2, -0.15) is 0 Å². The Kier molecular flexibility index (Phi) is 4.94. The fourth-order valence-electron chi connectivity index (χ4n) is 3.26. The smallest absolute Gasteiger partial charge is 0.271 e. The normalized spacial score (nSPS) is 22.5. The van der Waals surface area contributed by atoms with Crippen molar-refractivity contribution in [3.8, 4) is 0 Å². The molecule has 1 aromatic rings. The number of primary amides is 1. The molecule has 0 bridgehead atoms. The average Bonchev–Trinajstić information content (AvgIpc) is 3.26. The second-order valence-electron chi connectivity index (χ2n) is 6.49. The first-order valence-electron chi connectivity index (χ1n) is 8.46. The fourth-order valence-corrected chi connectivity index (χ4v) is 3.26. The van der Waals surface area contributed by atoms with Gasteiger partial charge in [-0.05, 0) is 26.2 Å². The maximum absolute atomic E-state index is 12.4. The Morgan fingerprint density at radius 3 is 2.75 bits per heavy atom. The summed E-state index contributed by atoms with van der Waals surface area (Å²) in [6, 6.07) is -0.318. The second-order valence-corrected chi connectivity index (χ2v) is 6.49. The second kappa shape index (κ2) is 7.12. The van der Waals surface area contributed by atoms with Gasteiger partial charge in [-0.15, -0.1) is 0 Å². The van der Waals surface area contributed by atoms with E-state index in [1.807, 2.05) is 4.90 Å². The summed E-state index contributed by atoms with van der Waals surface area (Å²) in [5, 5.41) is 2.98. The van der Waals surface area contributed by atoms with E-state index in [9.17, 15) is 9.59 Å². The third-order valence-electron chi connectivity index (χ3n) is 4.80. The Labute approximate surface area is 141 Å². The van der Waals surface area contributed by atoms with Crippen LogP contribution in [0.15, 0.2) is 12.4 Å². The molecule has 2 aliphatic rings. The lowest BCUT2D eigenvalue weighted by Crippen LogP contribution is -2.44. The maximum atomic E-state index is 12.4. The van der Waals surface area contributed by atoms with Crippen molar-refractivity contribution < 1.29 is 9.59 Å². The molecule has 3 heterocycles. The number of carbonyl (C=O) groups excluding carboxylic acids is 2. The van der Waals surface area contributed by atoms with Crippen LogP contribution >= 0.6 is 0 Å². The van der Waals surface area contributed by atoms with Crippen LogP contribution in [0, 0.1) is 0 Å². The van der Waals surface area contributed by atoms with Crippen molar-refractivity contribution in [2.24, 2.45) is 5.73 Å². The first-order chi connectivity index (χ1) is 11.5. The van der Waals surface area contributed by atoms with Crippen molar-refractivity contribution in [2.75, 3.05) is 31.1 Å². The molecule has 2 aliphatic heterocycles. The van der Waals surface area contributed by atoms with E-state index in [1.165, 1.54) is 6.20 Å². The number of likely N-dealkylation sites (tertiary alicyclic amines) is 1. The predicted molar refractivity (Wildman–Crippen MR) is 89.6 cm³/mol. The van der Waals surface area contributed by atoms with Crippen LogP contribution in [0.5, 0.6) is 0 Å². The summed E-state index contributed by atoms with van der Waals surface area (Å²) < 4.78 is 0.